The Morgan fingerprint density at radius 2 is 2.05 bits per heavy atom. The summed E-state index contributed by atoms with van der Waals surface area (Å²) in [6, 6.07) is 4.36. The van der Waals surface area contributed by atoms with Crippen molar-refractivity contribution in [2.24, 2.45) is 5.73 Å². The van der Waals surface area contributed by atoms with Gasteiger partial charge in [-0.25, -0.2) is 12.7 Å². The average Bonchev–Trinajstić information content (AvgIpc) is 2.87. The molecule has 0 bridgehead atoms. The molecule has 7 nitrogen and oxygen atoms in total. The number of nitrogen functional groups attached to an aromatic ring is 1. The van der Waals surface area contributed by atoms with Gasteiger partial charge in [0.05, 0.1) is 11.4 Å². The maximum Gasteiger partial charge on any atom is 0.244 e. The zero-order valence-corrected chi connectivity index (χ0v) is 12.9. The third kappa shape index (κ3) is 2.68. The van der Waals surface area contributed by atoms with Crippen molar-refractivity contribution in [3.8, 4) is 0 Å². The molecule has 2 rings (SSSR count). The van der Waals surface area contributed by atoms with Crippen LogP contribution in [0.1, 0.15) is 12.8 Å². The van der Waals surface area contributed by atoms with Crippen LogP contribution < -0.4 is 16.4 Å². The van der Waals surface area contributed by atoms with Crippen LogP contribution in [-0.2, 0) is 14.8 Å². The molecule has 1 heterocycles. The molecule has 116 valence electrons. The fourth-order valence-corrected chi connectivity index (χ4v) is 3.58. The first kappa shape index (κ1) is 15.6. The first-order chi connectivity index (χ1) is 9.76. The number of anilines is 2. The maximum absolute atomic E-state index is 12.3. The fraction of sp³-hybridized carbons (Fsp3) is 0.462. The first-order valence-corrected chi connectivity index (χ1v) is 8.07. The second kappa shape index (κ2) is 5.53. The van der Waals surface area contributed by atoms with Crippen LogP contribution in [0.4, 0.5) is 11.4 Å². The van der Waals surface area contributed by atoms with E-state index in [1.807, 2.05) is 0 Å². The number of hydrogen-bond acceptors (Lipinski definition) is 5. The van der Waals surface area contributed by atoms with Gasteiger partial charge in [0.1, 0.15) is 10.9 Å². The molecule has 0 aromatic heterocycles. The summed E-state index contributed by atoms with van der Waals surface area (Å²) in [7, 11) is -0.736. The number of primary amides is 1. The van der Waals surface area contributed by atoms with E-state index in [9.17, 15) is 13.2 Å². The lowest BCUT2D eigenvalue weighted by Crippen LogP contribution is -2.40. The predicted octanol–water partition coefficient (Wildman–Crippen LogP) is -0.0268. The third-order valence-electron chi connectivity index (χ3n) is 3.69. The van der Waals surface area contributed by atoms with Crippen LogP contribution in [0.25, 0.3) is 0 Å². The van der Waals surface area contributed by atoms with Gasteiger partial charge in [0.2, 0.25) is 15.9 Å². The largest absolute Gasteiger partial charge is 0.396 e. The van der Waals surface area contributed by atoms with Crippen molar-refractivity contribution in [2.75, 3.05) is 31.3 Å². The number of nitrogens with zero attached hydrogens (tertiary/aromatic N) is 2. The Bertz CT molecular complexity index is 657. The predicted molar refractivity (Wildman–Crippen MR) is 81.3 cm³/mol. The number of rotatable bonds is 4. The van der Waals surface area contributed by atoms with Crippen LogP contribution in [0.15, 0.2) is 23.1 Å². The van der Waals surface area contributed by atoms with Crippen molar-refractivity contribution in [1.82, 2.24) is 4.31 Å². The van der Waals surface area contributed by atoms with E-state index >= 15 is 0 Å². The van der Waals surface area contributed by atoms with Gasteiger partial charge in [0.25, 0.3) is 0 Å². The molecule has 4 N–H and O–H groups in total. The lowest BCUT2D eigenvalue weighted by Gasteiger charge is -2.27. The number of nitrogens with two attached hydrogens (primary N) is 2. The Labute approximate surface area is 124 Å². The summed E-state index contributed by atoms with van der Waals surface area (Å²) in [5, 5.41) is 0. The molecule has 0 spiro atoms. The van der Waals surface area contributed by atoms with E-state index in [1.54, 1.807) is 17.0 Å². The highest BCUT2D eigenvalue weighted by Gasteiger charge is 2.32. The smallest absolute Gasteiger partial charge is 0.244 e. The second-order valence-electron chi connectivity index (χ2n) is 5.23. The van der Waals surface area contributed by atoms with E-state index in [2.05, 4.69) is 0 Å². The van der Waals surface area contributed by atoms with Gasteiger partial charge in [-0.05, 0) is 25.0 Å². The molecule has 8 heteroatoms. The zero-order chi connectivity index (χ0) is 15.8. The van der Waals surface area contributed by atoms with E-state index in [4.69, 9.17) is 11.5 Å². The van der Waals surface area contributed by atoms with Crippen molar-refractivity contribution in [3.05, 3.63) is 18.2 Å². The number of benzene rings is 1. The highest BCUT2D eigenvalue weighted by molar-refractivity contribution is 7.89. The van der Waals surface area contributed by atoms with Crippen LogP contribution in [0.3, 0.4) is 0 Å². The Morgan fingerprint density at radius 1 is 1.38 bits per heavy atom. The molecular formula is C13H20N4O3S. The minimum absolute atomic E-state index is 0.0418. The van der Waals surface area contributed by atoms with Crippen LogP contribution in [0.5, 0.6) is 0 Å². The Morgan fingerprint density at radius 3 is 2.62 bits per heavy atom. The molecule has 1 aromatic carbocycles. The van der Waals surface area contributed by atoms with Gasteiger partial charge >= 0.3 is 0 Å². The fourth-order valence-electron chi connectivity index (χ4n) is 2.56. The van der Waals surface area contributed by atoms with Gasteiger partial charge in [-0.3, -0.25) is 4.79 Å². The second-order valence-corrected chi connectivity index (χ2v) is 7.35. The molecule has 0 radical (unpaired) electrons. The summed E-state index contributed by atoms with van der Waals surface area (Å²) < 4.78 is 25.7. The summed E-state index contributed by atoms with van der Waals surface area (Å²) in [6.07, 6.45) is 1.47. The number of carbonyl (C=O) groups is 1. The van der Waals surface area contributed by atoms with Crippen LogP contribution in [0.2, 0.25) is 0 Å². The van der Waals surface area contributed by atoms with Gasteiger partial charge in [0.15, 0.2) is 0 Å². The number of amides is 1. The topological polar surface area (TPSA) is 110 Å². The highest BCUT2D eigenvalue weighted by Crippen LogP contribution is 2.34. The molecule has 1 aliphatic heterocycles. The third-order valence-corrected chi connectivity index (χ3v) is 5.57. The lowest BCUT2D eigenvalue weighted by molar-refractivity contribution is -0.119. The van der Waals surface area contributed by atoms with E-state index in [0.717, 1.165) is 10.7 Å². The van der Waals surface area contributed by atoms with Gasteiger partial charge in [-0.15, -0.1) is 0 Å². The molecule has 0 saturated carbocycles. The van der Waals surface area contributed by atoms with Crippen molar-refractivity contribution >= 4 is 27.3 Å². The summed E-state index contributed by atoms with van der Waals surface area (Å²) in [4.78, 5) is 13.3. The Kier molecular flexibility index (Phi) is 4.11. The molecule has 0 aliphatic carbocycles. The number of hydrogen-bond donors (Lipinski definition) is 2. The SMILES string of the molecule is CN(C)S(=O)(=O)c1cccc(N2CCCC2C(N)=O)c1N. The van der Waals surface area contributed by atoms with Crippen molar-refractivity contribution in [1.29, 1.82) is 0 Å². The van der Waals surface area contributed by atoms with Crippen LogP contribution in [-0.4, -0.2) is 45.3 Å². The number of carbonyl (C=O) groups excluding carboxylic acids is 1. The average molecular weight is 312 g/mol. The molecule has 1 aliphatic rings. The normalized spacial score (nSPS) is 19.2. The van der Waals surface area contributed by atoms with E-state index in [1.165, 1.54) is 20.2 Å². The zero-order valence-electron chi connectivity index (χ0n) is 12.1. The van der Waals surface area contributed by atoms with Crippen molar-refractivity contribution in [2.45, 2.75) is 23.8 Å². The van der Waals surface area contributed by atoms with Gasteiger partial charge in [-0.2, -0.15) is 0 Å². The molecule has 1 amide bonds. The summed E-state index contributed by atoms with van der Waals surface area (Å²) in [6.45, 7) is 0.628. The first-order valence-electron chi connectivity index (χ1n) is 6.63. The molecular weight excluding hydrogens is 292 g/mol. The molecule has 1 unspecified atom stereocenters. The molecule has 1 atom stereocenters. The Balaban J connectivity index is 2.51. The van der Waals surface area contributed by atoms with Gasteiger partial charge < -0.3 is 16.4 Å². The van der Waals surface area contributed by atoms with E-state index in [-0.39, 0.29) is 10.6 Å². The van der Waals surface area contributed by atoms with E-state index in [0.29, 0.717) is 18.7 Å². The summed E-state index contributed by atoms with van der Waals surface area (Å²) in [5.41, 5.74) is 12.1. The number of sulfonamides is 1. The maximum atomic E-state index is 12.3. The van der Waals surface area contributed by atoms with Crippen LogP contribution in [0, 0.1) is 0 Å². The van der Waals surface area contributed by atoms with Crippen LogP contribution >= 0.6 is 0 Å². The summed E-state index contributed by atoms with van der Waals surface area (Å²) in [5.74, 6) is -0.423. The minimum atomic E-state index is -3.63. The molecule has 1 saturated heterocycles. The van der Waals surface area contributed by atoms with Gasteiger partial charge in [-0.1, -0.05) is 6.07 Å². The van der Waals surface area contributed by atoms with Gasteiger partial charge in [0, 0.05) is 20.6 Å². The minimum Gasteiger partial charge on any atom is -0.396 e. The quantitative estimate of drug-likeness (QED) is 0.759. The summed E-state index contributed by atoms with van der Waals surface area (Å²) >= 11 is 0. The monoisotopic (exact) mass is 312 g/mol. The number of para-hydroxylation sites is 1. The van der Waals surface area contributed by atoms with Crippen molar-refractivity contribution in [3.63, 3.8) is 0 Å². The standard InChI is InChI=1S/C13H20N4O3S/c1-16(2)21(19,20)11-7-3-5-9(12(11)14)17-8-4-6-10(17)13(15)18/h3,5,7,10H,4,6,8,14H2,1-2H3,(H2,15,18). The van der Waals surface area contributed by atoms with Crippen molar-refractivity contribution < 1.29 is 13.2 Å². The molecule has 1 aromatic rings. The highest BCUT2D eigenvalue weighted by atomic mass is 32.2. The lowest BCUT2D eigenvalue weighted by atomic mass is 10.2. The van der Waals surface area contributed by atoms with E-state index < -0.39 is 22.0 Å². The molecule has 21 heavy (non-hydrogen) atoms. The Hall–Kier alpha value is -1.80. The molecule has 1 fully saturated rings.